The Labute approximate surface area is 135 Å². The van der Waals surface area contributed by atoms with Gasteiger partial charge in [0.1, 0.15) is 5.58 Å². The second-order valence-electron chi connectivity index (χ2n) is 5.22. The zero-order chi connectivity index (χ0) is 17.3. The molecular formula is C17H12N2O5. The van der Waals surface area contributed by atoms with Crippen LogP contribution >= 0.6 is 0 Å². The van der Waals surface area contributed by atoms with Crippen LogP contribution in [0.15, 0.2) is 57.7 Å². The number of rotatable bonds is 3. The average Bonchev–Trinajstić information content (AvgIpc) is 2.54. The van der Waals surface area contributed by atoms with Crippen LogP contribution in [0.1, 0.15) is 15.9 Å². The summed E-state index contributed by atoms with van der Waals surface area (Å²) in [6, 6.07) is 12.0. The number of nitrogens with zero attached hydrogens (tertiary/aromatic N) is 1. The van der Waals surface area contributed by atoms with E-state index in [0.717, 1.165) is 0 Å². The molecule has 0 saturated carbocycles. The van der Waals surface area contributed by atoms with Gasteiger partial charge in [-0.2, -0.15) is 0 Å². The topological polar surface area (TPSA) is 102 Å². The van der Waals surface area contributed by atoms with Crippen molar-refractivity contribution < 1.29 is 14.1 Å². The molecular weight excluding hydrogens is 312 g/mol. The predicted octanol–water partition coefficient (Wildman–Crippen LogP) is 3.26. The molecule has 3 rings (SSSR count). The standard InChI is InChI=1S/C17H12N2O5/c1-10-8-12(2-5-14(10)19(22)23)17(21)18-13-4-6-15-11(9-13)3-7-16(20)24-15/h2-9H,1H3,(H,18,21). The fourth-order valence-corrected chi connectivity index (χ4v) is 2.35. The molecule has 1 amide bonds. The van der Waals surface area contributed by atoms with Crippen LogP contribution in [0.2, 0.25) is 0 Å². The highest BCUT2D eigenvalue weighted by Gasteiger charge is 2.14. The lowest BCUT2D eigenvalue weighted by atomic mass is 10.1. The van der Waals surface area contributed by atoms with E-state index in [0.29, 0.717) is 27.8 Å². The maximum atomic E-state index is 12.3. The van der Waals surface area contributed by atoms with Crippen LogP contribution in [-0.2, 0) is 0 Å². The average molecular weight is 324 g/mol. The van der Waals surface area contributed by atoms with E-state index in [-0.39, 0.29) is 11.6 Å². The summed E-state index contributed by atoms with van der Waals surface area (Å²) in [7, 11) is 0. The summed E-state index contributed by atoms with van der Waals surface area (Å²) >= 11 is 0. The van der Waals surface area contributed by atoms with Gasteiger partial charge >= 0.3 is 5.63 Å². The molecule has 2 aromatic carbocycles. The van der Waals surface area contributed by atoms with Crippen molar-refractivity contribution in [3.8, 4) is 0 Å². The van der Waals surface area contributed by atoms with Crippen molar-refractivity contribution in [3.05, 3.63) is 80.2 Å². The second-order valence-corrected chi connectivity index (χ2v) is 5.22. The number of nitro benzene ring substituents is 1. The van der Waals surface area contributed by atoms with Crippen LogP contribution in [0.4, 0.5) is 11.4 Å². The zero-order valence-corrected chi connectivity index (χ0v) is 12.6. The molecule has 7 heteroatoms. The normalized spacial score (nSPS) is 10.5. The number of carbonyl (C=O) groups is 1. The maximum absolute atomic E-state index is 12.3. The van der Waals surface area contributed by atoms with Gasteiger partial charge in [-0.25, -0.2) is 4.79 Å². The number of nitrogens with one attached hydrogen (secondary N) is 1. The Balaban J connectivity index is 1.86. The zero-order valence-electron chi connectivity index (χ0n) is 12.6. The van der Waals surface area contributed by atoms with E-state index in [2.05, 4.69) is 5.32 Å². The van der Waals surface area contributed by atoms with Crippen molar-refractivity contribution in [1.82, 2.24) is 0 Å². The molecule has 0 radical (unpaired) electrons. The Hall–Kier alpha value is -3.48. The molecule has 0 aliphatic rings. The molecule has 3 aromatic rings. The summed E-state index contributed by atoms with van der Waals surface area (Å²) in [6.07, 6.45) is 0. The summed E-state index contributed by atoms with van der Waals surface area (Å²) < 4.78 is 5.03. The molecule has 24 heavy (non-hydrogen) atoms. The van der Waals surface area contributed by atoms with E-state index in [1.165, 1.54) is 24.3 Å². The van der Waals surface area contributed by atoms with Crippen molar-refractivity contribution in [1.29, 1.82) is 0 Å². The van der Waals surface area contributed by atoms with Crippen molar-refractivity contribution >= 4 is 28.3 Å². The van der Waals surface area contributed by atoms with Crippen molar-refractivity contribution in [2.75, 3.05) is 5.32 Å². The number of aryl methyl sites for hydroxylation is 1. The smallest absolute Gasteiger partial charge is 0.336 e. The lowest BCUT2D eigenvalue weighted by Crippen LogP contribution is -2.12. The third kappa shape index (κ3) is 3.00. The number of benzene rings is 2. The van der Waals surface area contributed by atoms with Crippen LogP contribution in [0.5, 0.6) is 0 Å². The Morgan fingerprint density at radius 2 is 1.92 bits per heavy atom. The molecule has 0 fully saturated rings. The van der Waals surface area contributed by atoms with Gasteiger partial charge < -0.3 is 9.73 Å². The van der Waals surface area contributed by atoms with Crippen LogP contribution in [0.3, 0.4) is 0 Å². The lowest BCUT2D eigenvalue weighted by Gasteiger charge is -2.07. The van der Waals surface area contributed by atoms with Crippen molar-refractivity contribution in [2.45, 2.75) is 6.92 Å². The molecule has 0 bridgehead atoms. The molecule has 0 atom stereocenters. The number of anilines is 1. The van der Waals surface area contributed by atoms with Gasteiger partial charge in [-0.15, -0.1) is 0 Å². The third-order valence-corrected chi connectivity index (χ3v) is 3.53. The van der Waals surface area contributed by atoms with Crippen LogP contribution in [0, 0.1) is 17.0 Å². The molecule has 0 aliphatic carbocycles. The van der Waals surface area contributed by atoms with Crippen molar-refractivity contribution in [3.63, 3.8) is 0 Å². The van der Waals surface area contributed by atoms with Gasteiger partial charge in [-0.3, -0.25) is 14.9 Å². The highest BCUT2D eigenvalue weighted by molar-refractivity contribution is 6.05. The molecule has 0 spiro atoms. The maximum Gasteiger partial charge on any atom is 0.336 e. The number of hydrogen-bond acceptors (Lipinski definition) is 5. The Kier molecular flexibility index (Phi) is 3.83. The van der Waals surface area contributed by atoms with E-state index >= 15 is 0 Å². The summed E-state index contributed by atoms with van der Waals surface area (Å²) in [6.45, 7) is 1.58. The van der Waals surface area contributed by atoms with E-state index < -0.39 is 10.5 Å². The van der Waals surface area contributed by atoms with Gasteiger partial charge in [0.25, 0.3) is 11.6 Å². The van der Waals surface area contributed by atoms with Gasteiger partial charge in [0.2, 0.25) is 0 Å². The summed E-state index contributed by atoms with van der Waals surface area (Å²) in [5.41, 5.74) is 1.20. The number of carbonyl (C=O) groups excluding carboxylic acids is 1. The molecule has 0 unspecified atom stereocenters. The fraction of sp³-hybridized carbons (Fsp3) is 0.0588. The van der Waals surface area contributed by atoms with Gasteiger partial charge in [0.15, 0.2) is 0 Å². The quantitative estimate of drug-likeness (QED) is 0.452. The van der Waals surface area contributed by atoms with Crippen LogP contribution in [0.25, 0.3) is 11.0 Å². The third-order valence-electron chi connectivity index (χ3n) is 3.53. The second kappa shape index (κ2) is 5.96. The fourth-order valence-electron chi connectivity index (χ4n) is 2.35. The predicted molar refractivity (Wildman–Crippen MR) is 88.3 cm³/mol. The first kappa shape index (κ1) is 15.4. The van der Waals surface area contributed by atoms with Crippen LogP contribution in [-0.4, -0.2) is 10.8 Å². The van der Waals surface area contributed by atoms with Gasteiger partial charge in [-0.05, 0) is 43.3 Å². The SMILES string of the molecule is Cc1cc(C(=O)Nc2ccc3oc(=O)ccc3c2)ccc1[N+](=O)[O-]. The summed E-state index contributed by atoms with van der Waals surface area (Å²) in [5.74, 6) is -0.385. The van der Waals surface area contributed by atoms with E-state index in [4.69, 9.17) is 4.42 Å². The highest BCUT2D eigenvalue weighted by atomic mass is 16.6. The Morgan fingerprint density at radius 3 is 2.62 bits per heavy atom. The largest absolute Gasteiger partial charge is 0.423 e. The van der Waals surface area contributed by atoms with E-state index in [9.17, 15) is 19.7 Å². The minimum absolute atomic E-state index is 0.0349. The molecule has 7 nitrogen and oxygen atoms in total. The minimum Gasteiger partial charge on any atom is -0.423 e. The highest BCUT2D eigenvalue weighted by Crippen LogP contribution is 2.21. The van der Waals surface area contributed by atoms with Crippen LogP contribution < -0.4 is 10.9 Å². The summed E-state index contributed by atoms with van der Waals surface area (Å²) in [5, 5.41) is 14.2. The Morgan fingerprint density at radius 1 is 1.12 bits per heavy atom. The first-order valence-electron chi connectivity index (χ1n) is 7.04. The molecule has 0 saturated heterocycles. The van der Waals surface area contributed by atoms with Gasteiger partial charge in [-0.1, -0.05) is 0 Å². The van der Waals surface area contributed by atoms with Gasteiger partial charge in [0, 0.05) is 34.3 Å². The lowest BCUT2D eigenvalue weighted by molar-refractivity contribution is -0.385. The molecule has 0 aliphatic heterocycles. The number of fused-ring (bicyclic) bond motifs is 1. The monoisotopic (exact) mass is 324 g/mol. The molecule has 1 aromatic heterocycles. The number of amides is 1. The summed E-state index contributed by atoms with van der Waals surface area (Å²) in [4.78, 5) is 33.8. The minimum atomic E-state index is -0.492. The van der Waals surface area contributed by atoms with Crippen molar-refractivity contribution in [2.24, 2.45) is 0 Å². The van der Waals surface area contributed by atoms with Gasteiger partial charge in [0.05, 0.1) is 4.92 Å². The molecule has 1 N–H and O–H groups in total. The molecule has 120 valence electrons. The first-order chi connectivity index (χ1) is 11.4. The first-order valence-corrected chi connectivity index (χ1v) is 7.04. The molecule has 1 heterocycles. The van der Waals surface area contributed by atoms with E-state index in [1.54, 1.807) is 31.2 Å². The van der Waals surface area contributed by atoms with E-state index in [1.807, 2.05) is 0 Å². The Bertz CT molecular complexity index is 1020. The number of hydrogen-bond donors (Lipinski definition) is 1. The number of nitro groups is 1.